The zero-order valence-corrected chi connectivity index (χ0v) is 11.9. The molecule has 0 N–H and O–H groups in total. The van der Waals surface area contributed by atoms with E-state index in [2.05, 4.69) is 15.9 Å². The van der Waals surface area contributed by atoms with Crippen LogP contribution in [0.25, 0.3) is 0 Å². The van der Waals surface area contributed by atoms with Gasteiger partial charge in [0, 0.05) is 22.8 Å². The summed E-state index contributed by atoms with van der Waals surface area (Å²) in [7, 11) is 1.80. The van der Waals surface area contributed by atoms with Gasteiger partial charge in [0.2, 0.25) is 0 Å². The molecule has 2 aromatic carbocycles. The first-order valence-corrected chi connectivity index (χ1v) is 6.48. The monoisotopic (exact) mass is 303 g/mol. The molecule has 18 heavy (non-hydrogen) atoms. The predicted octanol–water partition coefficient (Wildman–Crippen LogP) is 4.03. The zero-order chi connectivity index (χ0) is 13.1. The van der Waals surface area contributed by atoms with Gasteiger partial charge in [-0.1, -0.05) is 40.2 Å². The van der Waals surface area contributed by atoms with Crippen LogP contribution in [0, 0.1) is 6.92 Å². The normalized spacial score (nSPS) is 10.2. The Morgan fingerprint density at radius 1 is 1.11 bits per heavy atom. The highest BCUT2D eigenvalue weighted by atomic mass is 79.9. The molecule has 0 bridgehead atoms. The molecule has 0 heterocycles. The number of amides is 1. The lowest BCUT2D eigenvalue weighted by Crippen LogP contribution is -2.26. The smallest absolute Gasteiger partial charge is 0.258 e. The third-order valence-corrected chi connectivity index (χ3v) is 3.35. The van der Waals surface area contributed by atoms with Gasteiger partial charge in [-0.3, -0.25) is 4.79 Å². The maximum atomic E-state index is 12.4. The summed E-state index contributed by atoms with van der Waals surface area (Å²) in [6.07, 6.45) is 0. The van der Waals surface area contributed by atoms with Crippen molar-refractivity contribution in [2.24, 2.45) is 0 Å². The lowest BCUT2D eigenvalue weighted by atomic mass is 10.1. The van der Waals surface area contributed by atoms with E-state index >= 15 is 0 Å². The van der Waals surface area contributed by atoms with Crippen LogP contribution >= 0.6 is 15.9 Å². The molecule has 2 aromatic rings. The van der Waals surface area contributed by atoms with Gasteiger partial charge in [-0.15, -0.1) is 0 Å². The molecular formula is C15H14BrNO. The molecule has 0 saturated carbocycles. The van der Waals surface area contributed by atoms with E-state index in [4.69, 9.17) is 0 Å². The van der Waals surface area contributed by atoms with E-state index in [1.165, 1.54) is 0 Å². The summed E-state index contributed by atoms with van der Waals surface area (Å²) in [6, 6.07) is 15.3. The summed E-state index contributed by atoms with van der Waals surface area (Å²) < 4.78 is 0.909. The fourth-order valence-electron chi connectivity index (χ4n) is 1.86. The number of aryl methyl sites for hydroxylation is 1. The van der Waals surface area contributed by atoms with Crippen molar-refractivity contribution in [2.45, 2.75) is 6.92 Å². The molecule has 0 unspecified atom stereocenters. The molecule has 0 aliphatic heterocycles. The van der Waals surface area contributed by atoms with Crippen LogP contribution < -0.4 is 4.90 Å². The van der Waals surface area contributed by atoms with Gasteiger partial charge in [0.1, 0.15) is 0 Å². The van der Waals surface area contributed by atoms with E-state index in [9.17, 15) is 4.79 Å². The number of rotatable bonds is 2. The third-order valence-electron chi connectivity index (χ3n) is 2.85. The van der Waals surface area contributed by atoms with E-state index in [-0.39, 0.29) is 5.91 Å². The van der Waals surface area contributed by atoms with Gasteiger partial charge >= 0.3 is 0 Å². The third kappa shape index (κ3) is 2.62. The Labute approximate surface area is 115 Å². The van der Waals surface area contributed by atoms with E-state index in [1.54, 1.807) is 11.9 Å². The molecule has 2 rings (SSSR count). The van der Waals surface area contributed by atoms with E-state index in [0.717, 1.165) is 15.7 Å². The van der Waals surface area contributed by atoms with Crippen LogP contribution in [0.3, 0.4) is 0 Å². The van der Waals surface area contributed by atoms with Gasteiger partial charge in [0.25, 0.3) is 5.91 Å². The van der Waals surface area contributed by atoms with Crippen molar-refractivity contribution < 1.29 is 4.79 Å². The SMILES string of the molecule is Cc1ccccc1N(C)C(=O)c1cccc(Br)c1. The second kappa shape index (κ2) is 5.36. The molecule has 0 aromatic heterocycles. The number of benzene rings is 2. The number of para-hydroxylation sites is 1. The van der Waals surface area contributed by atoms with Crippen LogP contribution in [0.4, 0.5) is 5.69 Å². The molecule has 0 aliphatic rings. The Morgan fingerprint density at radius 2 is 1.83 bits per heavy atom. The summed E-state index contributed by atoms with van der Waals surface area (Å²) in [6.45, 7) is 2.00. The van der Waals surface area contributed by atoms with Crippen molar-refractivity contribution >= 4 is 27.5 Å². The number of nitrogens with zero attached hydrogens (tertiary/aromatic N) is 1. The van der Waals surface area contributed by atoms with Gasteiger partial charge < -0.3 is 4.90 Å². The number of carbonyl (C=O) groups excluding carboxylic acids is 1. The van der Waals surface area contributed by atoms with Crippen molar-refractivity contribution in [3.8, 4) is 0 Å². The van der Waals surface area contributed by atoms with Crippen LogP contribution in [-0.2, 0) is 0 Å². The number of hydrogen-bond donors (Lipinski definition) is 0. The number of hydrogen-bond acceptors (Lipinski definition) is 1. The number of carbonyl (C=O) groups is 1. The van der Waals surface area contributed by atoms with Crippen LogP contribution in [-0.4, -0.2) is 13.0 Å². The largest absolute Gasteiger partial charge is 0.311 e. The summed E-state index contributed by atoms with van der Waals surface area (Å²) in [5.74, 6) is -0.00870. The van der Waals surface area contributed by atoms with Crippen molar-refractivity contribution in [3.63, 3.8) is 0 Å². The van der Waals surface area contributed by atoms with Crippen molar-refractivity contribution in [1.29, 1.82) is 0 Å². The molecule has 0 atom stereocenters. The second-order valence-corrected chi connectivity index (χ2v) is 5.08. The van der Waals surface area contributed by atoms with Crippen LogP contribution in [0.2, 0.25) is 0 Å². The number of anilines is 1. The molecule has 0 spiro atoms. The first-order chi connectivity index (χ1) is 8.59. The topological polar surface area (TPSA) is 20.3 Å². The molecule has 0 fully saturated rings. The van der Waals surface area contributed by atoms with E-state index < -0.39 is 0 Å². The van der Waals surface area contributed by atoms with Gasteiger partial charge in [0.05, 0.1) is 0 Å². The Hall–Kier alpha value is -1.61. The molecule has 0 aliphatic carbocycles. The quantitative estimate of drug-likeness (QED) is 0.820. The lowest BCUT2D eigenvalue weighted by Gasteiger charge is -2.19. The molecule has 3 heteroatoms. The first kappa shape index (κ1) is 12.8. The molecule has 0 radical (unpaired) electrons. The van der Waals surface area contributed by atoms with E-state index in [0.29, 0.717) is 5.56 Å². The fourth-order valence-corrected chi connectivity index (χ4v) is 2.26. The predicted molar refractivity (Wildman–Crippen MR) is 78.1 cm³/mol. The molecular weight excluding hydrogens is 290 g/mol. The van der Waals surface area contributed by atoms with Gasteiger partial charge in [0.15, 0.2) is 0 Å². The molecule has 0 saturated heterocycles. The number of halogens is 1. The Bertz CT molecular complexity index is 580. The van der Waals surface area contributed by atoms with Gasteiger partial charge in [-0.25, -0.2) is 0 Å². The van der Waals surface area contributed by atoms with Crippen molar-refractivity contribution in [2.75, 3.05) is 11.9 Å². The van der Waals surface area contributed by atoms with Crippen LogP contribution in [0.5, 0.6) is 0 Å². The maximum Gasteiger partial charge on any atom is 0.258 e. The average Bonchev–Trinajstić information content (AvgIpc) is 2.37. The maximum absolute atomic E-state index is 12.4. The highest BCUT2D eigenvalue weighted by Crippen LogP contribution is 2.21. The summed E-state index contributed by atoms with van der Waals surface area (Å²) in [4.78, 5) is 14.0. The van der Waals surface area contributed by atoms with E-state index in [1.807, 2.05) is 55.5 Å². The summed E-state index contributed by atoms with van der Waals surface area (Å²) >= 11 is 3.38. The van der Waals surface area contributed by atoms with Gasteiger partial charge in [-0.05, 0) is 36.8 Å². The lowest BCUT2D eigenvalue weighted by molar-refractivity contribution is 0.0993. The summed E-state index contributed by atoms with van der Waals surface area (Å²) in [5.41, 5.74) is 2.70. The van der Waals surface area contributed by atoms with Gasteiger partial charge in [-0.2, -0.15) is 0 Å². The minimum absolute atomic E-state index is 0.00870. The second-order valence-electron chi connectivity index (χ2n) is 4.16. The van der Waals surface area contributed by atoms with Crippen LogP contribution in [0.15, 0.2) is 53.0 Å². The highest BCUT2D eigenvalue weighted by Gasteiger charge is 2.14. The van der Waals surface area contributed by atoms with Crippen molar-refractivity contribution in [3.05, 3.63) is 64.1 Å². The Balaban J connectivity index is 2.32. The zero-order valence-electron chi connectivity index (χ0n) is 10.4. The van der Waals surface area contributed by atoms with Crippen molar-refractivity contribution in [1.82, 2.24) is 0 Å². The standard InChI is InChI=1S/C15H14BrNO/c1-11-6-3-4-9-14(11)17(2)15(18)12-7-5-8-13(16)10-12/h3-10H,1-2H3. The molecule has 1 amide bonds. The summed E-state index contributed by atoms with van der Waals surface area (Å²) in [5, 5.41) is 0. The molecule has 92 valence electrons. The van der Waals surface area contributed by atoms with Crippen LogP contribution in [0.1, 0.15) is 15.9 Å². The molecule has 2 nitrogen and oxygen atoms in total. The highest BCUT2D eigenvalue weighted by molar-refractivity contribution is 9.10. The first-order valence-electron chi connectivity index (χ1n) is 5.69. The minimum atomic E-state index is -0.00870. The minimum Gasteiger partial charge on any atom is -0.311 e. The average molecular weight is 304 g/mol. The fraction of sp³-hybridized carbons (Fsp3) is 0.133. The Morgan fingerprint density at radius 3 is 2.50 bits per heavy atom. The Kier molecular flexibility index (Phi) is 3.82.